The smallest absolute Gasteiger partial charge is 0.231 e. The summed E-state index contributed by atoms with van der Waals surface area (Å²) in [6.07, 6.45) is 5.70. The molecule has 0 atom stereocenters. The van der Waals surface area contributed by atoms with Crippen molar-refractivity contribution in [1.82, 2.24) is 9.80 Å². The molecule has 0 radical (unpaired) electrons. The van der Waals surface area contributed by atoms with E-state index in [-0.39, 0.29) is 11.8 Å². The lowest BCUT2D eigenvalue weighted by atomic mass is 10.1. The van der Waals surface area contributed by atoms with E-state index < -0.39 is 0 Å². The van der Waals surface area contributed by atoms with Gasteiger partial charge in [-0.05, 0) is 25.8 Å². The molecule has 0 saturated carbocycles. The van der Waals surface area contributed by atoms with E-state index in [4.69, 9.17) is 11.5 Å². The van der Waals surface area contributed by atoms with Gasteiger partial charge >= 0.3 is 0 Å². The van der Waals surface area contributed by atoms with Crippen molar-refractivity contribution in [2.24, 2.45) is 11.5 Å². The molecule has 20 heavy (non-hydrogen) atoms. The molecule has 0 aromatic carbocycles. The molecule has 1 heterocycles. The van der Waals surface area contributed by atoms with Gasteiger partial charge in [0.15, 0.2) is 0 Å². The zero-order valence-corrected chi connectivity index (χ0v) is 12.4. The van der Waals surface area contributed by atoms with E-state index in [1.165, 1.54) is 0 Å². The summed E-state index contributed by atoms with van der Waals surface area (Å²) in [7, 11) is 0. The minimum Gasteiger partial charge on any atom is -0.369 e. The standard InChI is InChI=1S/C14H28N4O2/c15-7-4-2-1-3-6-14(20)18-9-5-8-17(10-11-18)12-13(16)19/h1-12,15H2,(H2,16,19). The number of nitrogens with two attached hydrogens (primary N) is 2. The molecule has 4 N–H and O–H groups in total. The second-order valence-corrected chi connectivity index (χ2v) is 5.43. The predicted octanol–water partition coefficient (Wildman–Crippen LogP) is -0.0848. The maximum Gasteiger partial charge on any atom is 0.231 e. The average molecular weight is 284 g/mol. The monoisotopic (exact) mass is 284 g/mol. The Labute approximate surface area is 121 Å². The summed E-state index contributed by atoms with van der Waals surface area (Å²) in [5.41, 5.74) is 10.6. The number of hydrogen-bond donors (Lipinski definition) is 2. The lowest BCUT2D eigenvalue weighted by Gasteiger charge is -2.21. The molecule has 1 fully saturated rings. The van der Waals surface area contributed by atoms with E-state index in [1.807, 2.05) is 9.80 Å². The van der Waals surface area contributed by atoms with Gasteiger partial charge < -0.3 is 16.4 Å². The second kappa shape index (κ2) is 9.72. The Morgan fingerprint density at radius 2 is 1.70 bits per heavy atom. The lowest BCUT2D eigenvalue weighted by molar-refractivity contribution is -0.131. The lowest BCUT2D eigenvalue weighted by Crippen LogP contribution is -2.38. The number of primary amides is 1. The van der Waals surface area contributed by atoms with Gasteiger partial charge in [0.05, 0.1) is 6.54 Å². The van der Waals surface area contributed by atoms with Gasteiger partial charge in [0.2, 0.25) is 11.8 Å². The van der Waals surface area contributed by atoms with Crippen LogP contribution in [0.1, 0.15) is 38.5 Å². The van der Waals surface area contributed by atoms with Gasteiger partial charge in [-0.1, -0.05) is 12.8 Å². The number of carbonyl (C=O) groups excluding carboxylic acids is 2. The van der Waals surface area contributed by atoms with E-state index in [1.54, 1.807) is 0 Å². The van der Waals surface area contributed by atoms with Crippen molar-refractivity contribution >= 4 is 11.8 Å². The molecule has 0 aromatic heterocycles. The number of carbonyl (C=O) groups is 2. The molecule has 0 unspecified atom stereocenters. The number of unbranched alkanes of at least 4 members (excludes halogenated alkanes) is 3. The molecular weight excluding hydrogens is 256 g/mol. The Hall–Kier alpha value is -1.14. The SMILES string of the molecule is NCCCCCCC(=O)N1CCCN(CC(N)=O)CC1. The number of nitrogens with zero attached hydrogens (tertiary/aromatic N) is 2. The molecule has 1 aliphatic heterocycles. The third-order valence-corrected chi connectivity index (χ3v) is 3.67. The first-order valence-electron chi connectivity index (χ1n) is 7.62. The summed E-state index contributed by atoms with van der Waals surface area (Å²) in [6.45, 7) is 4.09. The highest BCUT2D eigenvalue weighted by molar-refractivity contribution is 5.76. The molecule has 1 saturated heterocycles. The van der Waals surface area contributed by atoms with Crippen molar-refractivity contribution in [3.63, 3.8) is 0 Å². The molecule has 1 aliphatic rings. The summed E-state index contributed by atoms with van der Waals surface area (Å²) >= 11 is 0. The maximum absolute atomic E-state index is 12.1. The first-order valence-corrected chi connectivity index (χ1v) is 7.62. The highest BCUT2D eigenvalue weighted by Crippen LogP contribution is 2.08. The summed E-state index contributed by atoms with van der Waals surface area (Å²) < 4.78 is 0. The Kier molecular flexibility index (Phi) is 8.22. The van der Waals surface area contributed by atoms with Gasteiger partial charge in [-0.25, -0.2) is 0 Å². The van der Waals surface area contributed by atoms with Crippen LogP contribution in [0.3, 0.4) is 0 Å². The van der Waals surface area contributed by atoms with Crippen LogP contribution in [0.2, 0.25) is 0 Å². The predicted molar refractivity (Wildman–Crippen MR) is 79.0 cm³/mol. The van der Waals surface area contributed by atoms with Crippen molar-refractivity contribution in [2.45, 2.75) is 38.5 Å². The largest absolute Gasteiger partial charge is 0.369 e. The van der Waals surface area contributed by atoms with Crippen LogP contribution in [-0.2, 0) is 9.59 Å². The average Bonchev–Trinajstić information content (AvgIpc) is 2.63. The molecule has 6 nitrogen and oxygen atoms in total. The van der Waals surface area contributed by atoms with Crippen molar-refractivity contribution in [3.8, 4) is 0 Å². The van der Waals surface area contributed by atoms with Gasteiger partial charge in [-0.2, -0.15) is 0 Å². The van der Waals surface area contributed by atoms with Crippen LogP contribution in [0.25, 0.3) is 0 Å². The molecule has 116 valence electrons. The Balaban J connectivity index is 2.22. The van der Waals surface area contributed by atoms with E-state index in [0.717, 1.165) is 58.3 Å². The van der Waals surface area contributed by atoms with Crippen LogP contribution in [0.4, 0.5) is 0 Å². The van der Waals surface area contributed by atoms with Crippen molar-refractivity contribution in [1.29, 1.82) is 0 Å². The molecule has 2 amide bonds. The highest BCUT2D eigenvalue weighted by Gasteiger charge is 2.19. The van der Waals surface area contributed by atoms with Crippen molar-refractivity contribution < 1.29 is 9.59 Å². The van der Waals surface area contributed by atoms with Crippen LogP contribution in [-0.4, -0.2) is 60.9 Å². The van der Waals surface area contributed by atoms with Gasteiger partial charge in [0.25, 0.3) is 0 Å². The summed E-state index contributed by atoms with van der Waals surface area (Å²) in [5, 5.41) is 0. The molecule has 6 heteroatoms. The molecule has 0 bridgehead atoms. The van der Waals surface area contributed by atoms with Crippen LogP contribution < -0.4 is 11.5 Å². The van der Waals surface area contributed by atoms with E-state index in [2.05, 4.69) is 0 Å². The second-order valence-electron chi connectivity index (χ2n) is 5.43. The van der Waals surface area contributed by atoms with Gasteiger partial charge in [0.1, 0.15) is 0 Å². The van der Waals surface area contributed by atoms with Crippen molar-refractivity contribution in [3.05, 3.63) is 0 Å². The van der Waals surface area contributed by atoms with Gasteiger partial charge in [-0.15, -0.1) is 0 Å². The zero-order chi connectivity index (χ0) is 14.8. The minimum absolute atomic E-state index is 0.235. The molecular formula is C14H28N4O2. The molecule has 0 aliphatic carbocycles. The minimum atomic E-state index is -0.301. The normalized spacial score (nSPS) is 16.9. The first kappa shape index (κ1) is 16.9. The fourth-order valence-electron chi connectivity index (χ4n) is 2.53. The maximum atomic E-state index is 12.1. The van der Waals surface area contributed by atoms with Crippen LogP contribution in [0.15, 0.2) is 0 Å². The fourth-order valence-corrected chi connectivity index (χ4v) is 2.53. The first-order chi connectivity index (χ1) is 9.63. The molecule has 0 spiro atoms. The van der Waals surface area contributed by atoms with Crippen molar-refractivity contribution in [2.75, 3.05) is 39.3 Å². The topological polar surface area (TPSA) is 92.7 Å². The third kappa shape index (κ3) is 6.86. The summed E-state index contributed by atoms with van der Waals surface area (Å²) in [5.74, 6) is -0.0663. The van der Waals surface area contributed by atoms with Crippen LogP contribution in [0, 0.1) is 0 Å². The number of rotatable bonds is 8. The number of hydrogen-bond acceptors (Lipinski definition) is 4. The van der Waals surface area contributed by atoms with Gasteiger partial charge in [0, 0.05) is 32.6 Å². The summed E-state index contributed by atoms with van der Waals surface area (Å²) in [6, 6.07) is 0. The Morgan fingerprint density at radius 1 is 0.950 bits per heavy atom. The quantitative estimate of drug-likeness (QED) is 0.610. The molecule has 0 aromatic rings. The third-order valence-electron chi connectivity index (χ3n) is 3.67. The fraction of sp³-hybridized carbons (Fsp3) is 0.857. The number of amides is 2. The Morgan fingerprint density at radius 3 is 2.40 bits per heavy atom. The van der Waals surface area contributed by atoms with E-state index in [0.29, 0.717) is 19.5 Å². The highest BCUT2D eigenvalue weighted by atomic mass is 16.2. The van der Waals surface area contributed by atoms with Crippen LogP contribution >= 0.6 is 0 Å². The zero-order valence-electron chi connectivity index (χ0n) is 12.4. The molecule has 1 rings (SSSR count). The summed E-state index contributed by atoms with van der Waals surface area (Å²) in [4.78, 5) is 27.0. The Bertz CT molecular complexity index is 310. The van der Waals surface area contributed by atoms with Gasteiger partial charge in [-0.3, -0.25) is 14.5 Å². The van der Waals surface area contributed by atoms with E-state index >= 15 is 0 Å². The van der Waals surface area contributed by atoms with E-state index in [9.17, 15) is 9.59 Å². The van der Waals surface area contributed by atoms with Crippen LogP contribution in [0.5, 0.6) is 0 Å².